The number of anilines is 2. The Morgan fingerprint density at radius 1 is 0.931 bits per heavy atom. The van der Waals surface area contributed by atoms with Gasteiger partial charge in [0.2, 0.25) is 0 Å². The van der Waals surface area contributed by atoms with Crippen molar-refractivity contribution < 1.29 is 17.9 Å². The Balaban J connectivity index is 1.74. The van der Waals surface area contributed by atoms with Crippen molar-refractivity contribution in [3.05, 3.63) is 84.4 Å². The van der Waals surface area contributed by atoms with E-state index in [4.69, 9.17) is 10.00 Å². The Labute approximate surface area is 168 Å². The highest BCUT2D eigenvalue weighted by Crippen LogP contribution is 2.20. The smallest absolute Gasteiger partial charge is 0.261 e. The number of benzene rings is 3. The van der Waals surface area contributed by atoms with Crippen LogP contribution in [0.1, 0.15) is 10.4 Å². The van der Waals surface area contributed by atoms with Crippen molar-refractivity contribution in [2.75, 3.05) is 16.6 Å². The Morgan fingerprint density at radius 3 is 2.41 bits per heavy atom. The maximum Gasteiger partial charge on any atom is 0.261 e. The zero-order chi connectivity index (χ0) is 20.7. The standard InChI is InChI=1S/C21H17N3O4S/c22-12-13-28-19-9-5-7-17(15-19)23-21(25)16-6-4-8-18(14-16)24-29(26,27)20-10-2-1-3-11-20/h1-11,14-15,24H,13H2,(H,23,25). The quantitative estimate of drug-likeness (QED) is 0.622. The highest BCUT2D eigenvalue weighted by molar-refractivity contribution is 7.92. The van der Waals surface area contributed by atoms with E-state index in [9.17, 15) is 13.2 Å². The number of nitrogens with zero attached hydrogens (tertiary/aromatic N) is 1. The summed E-state index contributed by atoms with van der Waals surface area (Å²) < 4.78 is 32.6. The van der Waals surface area contributed by atoms with Crippen LogP contribution in [0.5, 0.6) is 5.75 Å². The molecule has 0 bridgehead atoms. The minimum atomic E-state index is -3.75. The second-order valence-corrected chi connectivity index (χ2v) is 7.61. The first kappa shape index (κ1) is 19.9. The van der Waals surface area contributed by atoms with Gasteiger partial charge in [-0.25, -0.2) is 8.42 Å². The normalized spacial score (nSPS) is 10.6. The number of nitrogens with one attached hydrogen (secondary N) is 2. The van der Waals surface area contributed by atoms with Gasteiger partial charge < -0.3 is 10.1 Å². The van der Waals surface area contributed by atoms with Gasteiger partial charge in [-0.15, -0.1) is 0 Å². The predicted octanol–water partition coefficient (Wildman–Crippen LogP) is 3.64. The number of hydrogen-bond donors (Lipinski definition) is 2. The summed E-state index contributed by atoms with van der Waals surface area (Å²) in [6.07, 6.45) is 0. The molecule has 0 spiro atoms. The molecule has 2 N–H and O–H groups in total. The average Bonchev–Trinajstić information content (AvgIpc) is 2.73. The number of rotatable bonds is 7. The highest BCUT2D eigenvalue weighted by Gasteiger charge is 2.15. The van der Waals surface area contributed by atoms with Crippen molar-refractivity contribution in [1.29, 1.82) is 5.26 Å². The first-order valence-corrected chi connectivity index (χ1v) is 10.1. The van der Waals surface area contributed by atoms with Gasteiger partial charge in [-0.1, -0.05) is 30.3 Å². The third-order valence-corrected chi connectivity index (χ3v) is 5.22. The van der Waals surface area contributed by atoms with Crippen molar-refractivity contribution in [3.8, 4) is 11.8 Å². The van der Waals surface area contributed by atoms with Crippen LogP contribution in [0.2, 0.25) is 0 Å². The van der Waals surface area contributed by atoms with Crippen molar-refractivity contribution in [2.45, 2.75) is 4.90 Å². The van der Waals surface area contributed by atoms with Crippen LogP contribution in [0.25, 0.3) is 0 Å². The summed E-state index contributed by atoms with van der Waals surface area (Å²) in [5, 5.41) is 11.3. The molecule has 7 nitrogen and oxygen atoms in total. The highest BCUT2D eigenvalue weighted by atomic mass is 32.2. The summed E-state index contributed by atoms with van der Waals surface area (Å²) in [6.45, 7) is -0.0962. The molecule has 0 heterocycles. The molecule has 0 aliphatic heterocycles. The summed E-state index contributed by atoms with van der Waals surface area (Å²) in [4.78, 5) is 12.7. The molecule has 3 aromatic rings. The van der Waals surface area contributed by atoms with E-state index in [1.807, 2.05) is 6.07 Å². The molecule has 3 rings (SSSR count). The summed E-state index contributed by atoms with van der Waals surface area (Å²) in [7, 11) is -3.75. The monoisotopic (exact) mass is 407 g/mol. The molecule has 0 fully saturated rings. The fraction of sp³-hybridized carbons (Fsp3) is 0.0476. The van der Waals surface area contributed by atoms with Crippen LogP contribution < -0.4 is 14.8 Å². The van der Waals surface area contributed by atoms with Gasteiger partial charge in [0.05, 0.1) is 4.90 Å². The van der Waals surface area contributed by atoms with E-state index < -0.39 is 15.9 Å². The topological polar surface area (TPSA) is 108 Å². The number of sulfonamides is 1. The molecule has 0 saturated carbocycles. The number of amides is 1. The van der Waals surface area contributed by atoms with Gasteiger partial charge in [0, 0.05) is 23.0 Å². The van der Waals surface area contributed by atoms with E-state index in [-0.39, 0.29) is 22.8 Å². The summed E-state index contributed by atoms with van der Waals surface area (Å²) in [5.74, 6) is 0.0388. The van der Waals surface area contributed by atoms with E-state index in [1.54, 1.807) is 60.7 Å². The van der Waals surface area contributed by atoms with Crippen molar-refractivity contribution >= 4 is 27.3 Å². The van der Waals surface area contributed by atoms with Gasteiger partial charge in [-0.3, -0.25) is 9.52 Å². The van der Waals surface area contributed by atoms with Gasteiger partial charge >= 0.3 is 0 Å². The van der Waals surface area contributed by atoms with Crippen LogP contribution in [-0.2, 0) is 10.0 Å². The van der Waals surface area contributed by atoms with Crippen LogP contribution in [-0.4, -0.2) is 20.9 Å². The second-order valence-electron chi connectivity index (χ2n) is 5.93. The largest absolute Gasteiger partial charge is 0.479 e. The van der Waals surface area contributed by atoms with Crippen LogP contribution in [0, 0.1) is 11.3 Å². The van der Waals surface area contributed by atoms with Gasteiger partial charge in [-0.2, -0.15) is 5.26 Å². The molecule has 146 valence electrons. The Hall–Kier alpha value is -3.83. The fourth-order valence-corrected chi connectivity index (χ4v) is 3.59. The van der Waals surface area contributed by atoms with E-state index in [0.29, 0.717) is 11.4 Å². The lowest BCUT2D eigenvalue weighted by Gasteiger charge is -2.10. The SMILES string of the molecule is N#CCOc1cccc(NC(=O)c2cccc(NS(=O)(=O)c3ccccc3)c2)c1. The maximum absolute atomic E-state index is 12.5. The van der Waals surface area contributed by atoms with Gasteiger partial charge in [-0.05, 0) is 42.5 Å². The fourth-order valence-electron chi connectivity index (χ4n) is 2.52. The van der Waals surface area contributed by atoms with Crippen molar-refractivity contribution in [3.63, 3.8) is 0 Å². The van der Waals surface area contributed by atoms with Crippen LogP contribution >= 0.6 is 0 Å². The number of ether oxygens (including phenoxy) is 1. The molecule has 0 aliphatic carbocycles. The maximum atomic E-state index is 12.5. The van der Waals surface area contributed by atoms with E-state index in [1.165, 1.54) is 18.2 Å². The number of carbonyl (C=O) groups is 1. The zero-order valence-electron chi connectivity index (χ0n) is 15.2. The lowest BCUT2D eigenvalue weighted by Crippen LogP contribution is -2.15. The molecular formula is C21H17N3O4S. The minimum Gasteiger partial charge on any atom is -0.479 e. The Morgan fingerprint density at radius 2 is 1.66 bits per heavy atom. The Bertz CT molecular complexity index is 1160. The first-order valence-electron chi connectivity index (χ1n) is 8.57. The molecule has 0 aliphatic rings. The average molecular weight is 407 g/mol. The van der Waals surface area contributed by atoms with E-state index >= 15 is 0 Å². The molecule has 8 heteroatoms. The Kier molecular flexibility index (Phi) is 6.12. The molecule has 3 aromatic carbocycles. The second kappa shape index (κ2) is 8.91. The van der Waals surface area contributed by atoms with Crippen molar-refractivity contribution in [2.24, 2.45) is 0 Å². The lowest BCUT2D eigenvalue weighted by molar-refractivity contribution is 0.102. The molecule has 0 unspecified atom stereocenters. The molecular weight excluding hydrogens is 390 g/mol. The molecule has 29 heavy (non-hydrogen) atoms. The summed E-state index contributed by atoms with van der Waals surface area (Å²) >= 11 is 0. The number of hydrogen-bond acceptors (Lipinski definition) is 5. The minimum absolute atomic E-state index is 0.0962. The van der Waals surface area contributed by atoms with Crippen LogP contribution in [0.4, 0.5) is 11.4 Å². The van der Waals surface area contributed by atoms with Gasteiger partial charge in [0.25, 0.3) is 15.9 Å². The van der Waals surface area contributed by atoms with Crippen molar-refractivity contribution in [1.82, 2.24) is 0 Å². The number of nitriles is 1. The third-order valence-electron chi connectivity index (χ3n) is 3.83. The van der Waals surface area contributed by atoms with Crippen LogP contribution in [0.15, 0.2) is 83.8 Å². The summed E-state index contributed by atoms with van der Waals surface area (Å²) in [6, 6.07) is 22.6. The first-order chi connectivity index (χ1) is 14.0. The summed E-state index contributed by atoms with van der Waals surface area (Å²) in [5.41, 5.74) is 1.04. The number of carbonyl (C=O) groups excluding carboxylic acids is 1. The van der Waals surface area contributed by atoms with Crippen LogP contribution in [0.3, 0.4) is 0 Å². The van der Waals surface area contributed by atoms with Gasteiger partial charge in [0.15, 0.2) is 6.61 Å². The van der Waals surface area contributed by atoms with Gasteiger partial charge in [0.1, 0.15) is 11.8 Å². The predicted molar refractivity (Wildman–Crippen MR) is 109 cm³/mol. The van der Waals surface area contributed by atoms with E-state index in [2.05, 4.69) is 10.0 Å². The zero-order valence-corrected chi connectivity index (χ0v) is 16.0. The lowest BCUT2D eigenvalue weighted by atomic mass is 10.2. The molecule has 0 radical (unpaired) electrons. The molecule has 1 amide bonds. The third kappa shape index (κ3) is 5.34. The van der Waals surface area contributed by atoms with E-state index in [0.717, 1.165) is 0 Å². The molecule has 0 aromatic heterocycles. The molecule has 0 saturated heterocycles. The molecule has 0 atom stereocenters.